The molecular formula is C22H25N5O. The van der Waals surface area contributed by atoms with E-state index < -0.39 is 0 Å². The average molecular weight is 375 g/mol. The van der Waals surface area contributed by atoms with Gasteiger partial charge < -0.3 is 19.2 Å². The van der Waals surface area contributed by atoms with Crippen molar-refractivity contribution in [1.82, 2.24) is 19.5 Å². The minimum atomic E-state index is 0.758. The fourth-order valence-corrected chi connectivity index (χ4v) is 4.15. The molecule has 6 heteroatoms. The number of hydrogen-bond acceptors (Lipinski definition) is 4. The summed E-state index contributed by atoms with van der Waals surface area (Å²) in [5.74, 6) is 2.01. The van der Waals surface area contributed by atoms with Crippen LogP contribution in [0.5, 0.6) is 0 Å². The van der Waals surface area contributed by atoms with Crippen LogP contribution in [0, 0.1) is 6.92 Å². The second-order valence-electron chi connectivity index (χ2n) is 7.37. The third-order valence-corrected chi connectivity index (χ3v) is 5.48. The summed E-state index contributed by atoms with van der Waals surface area (Å²) in [6, 6.07) is 12.6. The minimum absolute atomic E-state index is 0.758. The lowest BCUT2D eigenvalue weighted by atomic mass is 10.1. The van der Waals surface area contributed by atoms with Gasteiger partial charge in [-0.25, -0.2) is 9.97 Å². The number of ether oxygens (including phenoxy) is 1. The lowest BCUT2D eigenvalue weighted by Gasteiger charge is -2.27. The molecule has 0 unspecified atom stereocenters. The van der Waals surface area contributed by atoms with Crippen LogP contribution >= 0.6 is 0 Å². The van der Waals surface area contributed by atoms with Crippen LogP contribution in [-0.2, 0) is 11.3 Å². The van der Waals surface area contributed by atoms with Crippen molar-refractivity contribution in [3.8, 4) is 11.4 Å². The first kappa shape index (κ1) is 17.3. The number of aromatic nitrogens is 4. The lowest BCUT2D eigenvalue weighted by Crippen LogP contribution is -2.36. The molecule has 1 aromatic carbocycles. The monoisotopic (exact) mass is 375 g/mol. The zero-order valence-electron chi connectivity index (χ0n) is 16.4. The van der Waals surface area contributed by atoms with Crippen LogP contribution in [0.1, 0.15) is 19.0 Å². The maximum atomic E-state index is 5.49. The number of para-hydroxylation sites is 1. The number of fused-ring (bicyclic) bond motifs is 2. The van der Waals surface area contributed by atoms with Crippen LogP contribution in [0.3, 0.4) is 0 Å². The number of imidazole rings is 1. The number of H-pyrrole nitrogens is 1. The summed E-state index contributed by atoms with van der Waals surface area (Å²) in [6.07, 6.45) is 1.03. The molecule has 1 fully saturated rings. The second-order valence-corrected chi connectivity index (χ2v) is 7.37. The smallest absolute Gasteiger partial charge is 0.162 e. The van der Waals surface area contributed by atoms with Crippen molar-refractivity contribution in [2.45, 2.75) is 26.8 Å². The third-order valence-electron chi connectivity index (χ3n) is 5.48. The topological polar surface area (TPSA) is 59.0 Å². The molecule has 1 aliphatic heterocycles. The Kier molecular flexibility index (Phi) is 4.28. The number of benzene rings is 1. The number of rotatable bonds is 4. The van der Waals surface area contributed by atoms with E-state index in [0.29, 0.717) is 0 Å². The number of morpholine rings is 1. The van der Waals surface area contributed by atoms with Gasteiger partial charge in [-0.1, -0.05) is 25.1 Å². The Morgan fingerprint density at radius 2 is 1.89 bits per heavy atom. The molecule has 0 aliphatic carbocycles. The maximum Gasteiger partial charge on any atom is 0.162 e. The molecule has 1 saturated heterocycles. The molecule has 3 aromatic heterocycles. The summed E-state index contributed by atoms with van der Waals surface area (Å²) in [6.45, 7) is 8.50. The summed E-state index contributed by atoms with van der Waals surface area (Å²) in [7, 11) is 0. The molecule has 1 aliphatic rings. The summed E-state index contributed by atoms with van der Waals surface area (Å²) in [5.41, 5.74) is 5.37. The lowest BCUT2D eigenvalue weighted by molar-refractivity contribution is 0.122. The van der Waals surface area contributed by atoms with Crippen molar-refractivity contribution in [2.24, 2.45) is 0 Å². The number of hydrogen-bond donors (Lipinski definition) is 1. The van der Waals surface area contributed by atoms with Crippen molar-refractivity contribution in [3.05, 3.63) is 42.1 Å². The van der Waals surface area contributed by atoms with Crippen molar-refractivity contribution < 1.29 is 4.74 Å². The Bertz CT molecular complexity index is 1140. The first-order chi connectivity index (χ1) is 13.8. The van der Waals surface area contributed by atoms with Gasteiger partial charge in [-0.2, -0.15) is 0 Å². The van der Waals surface area contributed by atoms with Gasteiger partial charge in [-0.15, -0.1) is 0 Å². The molecule has 0 atom stereocenters. The SMILES string of the molecule is CCCn1c(-c2c(C)[nH]c3ccccc23)nc2ccc(N3CCOCC3)nc21. The van der Waals surface area contributed by atoms with E-state index in [0.717, 1.165) is 73.3 Å². The van der Waals surface area contributed by atoms with Gasteiger partial charge in [0.25, 0.3) is 0 Å². The first-order valence-electron chi connectivity index (χ1n) is 10.0. The second kappa shape index (κ2) is 6.95. The molecule has 4 heterocycles. The van der Waals surface area contributed by atoms with Crippen molar-refractivity contribution in [1.29, 1.82) is 0 Å². The Morgan fingerprint density at radius 1 is 1.07 bits per heavy atom. The van der Waals surface area contributed by atoms with Gasteiger partial charge in [0, 0.05) is 41.8 Å². The van der Waals surface area contributed by atoms with Crippen LogP contribution in [0.25, 0.3) is 33.5 Å². The number of nitrogens with one attached hydrogen (secondary N) is 1. The Labute approximate surface area is 164 Å². The molecule has 0 radical (unpaired) electrons. The van der Waals surface area contributed by atoms with Crippen molar-refractivity contribution >= 4 is 27.9 Å². The molecule has 0 bridgehead atoms. The van der Waals surface area contributed by atoms with E-state index in [9.17, 15) is 0 Å². The van der Waals surface area contributed by atoms with Gasteiger partial charge in [-0.3, -0.25) is 0 Å². The van der Waals surface area contributed by atoms with Crippen LogP contribution in [0.15, 0.2) is 36.4 Å². The zero-order valence-corrected chi connectivity index (χ0v) is 16.4. The quantitative estimate of drug-likeness (QED) is 0.582. The Hall–Kier alpha value is -2.86. The number of pyridine rings is 1. The molecule has 144 valence electrons. The van der Waals surface area contributed by atoms with E-state index in [1.54, 1.807) is 0 Å². The van der Waals surface area contributed by atoms with Crippen LogP contribution in [-0.4, -0.2) is 45.8 Å². The summed E-state index contributed by atoms with van der Waals surface area (Å²) < 4.78 is 7.77. The van der Waals surface area contributed by atoms with E-state index in [1.165, 1.54) is 10.9 Å². The van der Waals surface area contributed by atoms with Gasteiger partial charge in [0.1, 0.15) is 17.2 Å². The maximum absolute atomic E-state index is 5.49. The number of aromatic amines is 1. The average Bonchev–Trinajstić information content (AvgIpc) is 3.25. The molecule has 28 heavy (non-hydrogen) atoms. The van der Waals surface area contributed by atoms with Gasteiger partial charge >= 0.3 is 0 Å². The molecule has 0 spiro atoms. The molecule has 0 saturated carbocycles. The van der Waals surface area contributed by atoms with Gasteiger partial charge in [0.2, 0.25) is 0 Å². The van der Waals surface area contributed by atoms with Crippen LogP contribution < -0.4 is 4.90 Å². The van der Waals surface area contributed by atoms with E-state index >= 15 is 0 Å². The third kappa shape index (κ3) is 2.76. The molecule has 4 aromatic rings. The van der Waals surface area contributed by atoms with Crippen LogP contribution in [0.4, 0.5) is 5.82 Å². The number of aryl methyl sites for hydroxylation is 2. The zero-order chi connectivity index (χ0) is 19.1. The largest absolute Gasteiger partial charge is 0.378 e. The highest BCUT2D eigenvalue weighted by atomic mass is 16.5. The standard InChI is InChI=1S/C22H25N5O/c1-3-10-27-21-18(8-9-19(25-21)26-11-13-28-14-12-26)24-22(27)20-15(2)23-17-7-5-4-6-16(17)20/h4-9,23H,3,10-14H2,1-2H3. The number of anilines is 1. The van der Waals surface area contributed by atoms with E-state index in [1.807, 2.05) is 0 Å². The fraction of sp³-hybridized carbons (Fsp3) is 0.364. The van der Waals surface area contributed by atoms with Gasteiger partial charge in [0.15, 0.2) is 5.65 Å². The Balaban J connectivity index is 1.70. The molecule has 6 nitrogen and oxygen atoms in total. The van der Waals surface area contributed by atoms with E-state index in [-0.39, 0.29) is 0 Å². The van der Waals surface area contributed by atoms with Crippen LogP contribution in [0.2, 0.25) is 0 Å². The fourth-order valence-electron chi connectivity index (χ4n) is 4.15. The molecular weight excluding hydrogens is 350 g/mol. The summed E-state index contributed by atoms with van der Waals surface area (Å²) >= 11 is 0. The van der Waals surface area contributed by atoms with Crippen molar-refractivity contribution in [3.63, 3.8) is 0 Å². The van der Waals surface area contributed by atoms with Crippen molar-refractivity contribution in [2.75, 3.05) is 31.2 Å². The minimum Gasteiger partial charge on any atom is -0.378 e. The highest BCUT2D eigenvalue weighted by Crippen LogP contribution is 2.34. The molecule has 1 N–H and O–H groups in total. The Morgan fingerprint density at radius 3 is 2.71 bits per heavy atom. The predicted molar refractivity (Wildman–Crippen MR) is 113 cm³/mol. The number of nitrogens with zero attached hydrogens (tertiary/aromatic N) is 4. The highest BCUT2D eigenvalue weighted by Gasteiger charge is 2.20. The van der Waals surface area contributed by atoms with E-state index in [4.69, 9.17) is 14.7 Å². The van der Waals surface area contributed by atoms with Gasteiger partial charge in [0.05, 0.1) is 13.2 Å². The summed E-state index contributed by atoms with van der Waals surface area (Å²) in [4.78, 5) is 15.8. The molecule has 0 amide bonds. The summed E-state index contributed by atoms with van der Waals surface area (Å²) in [5, 5.41) is 1.21. The predicted octanol–water partition coefficient (Wildman–Crippen LogP) is 4.13. The van der Waals surface area contributed by atoms with Gasteiger partial charge in [-0.05, 0) is 31.5 Å². The normalized spacial score (nSPS) is 15.0. The molecule has 5 rings (SSSR count). The van der Waals surface area contributed by atoms with E-state index in [2.05, 4.69) is 64.7 Å². The highest BCUT2D eigenvalue weighted by molar-refractivity contribution is 5.97. The first-order valence-corrected chi connectivity index (χ1v) is 10.0.